The number of carbonyl (C=O) groups is 1. The summed E-state index contributed by atoms with van der Waals surface area (Å²) in [6.45, 7) is 1.46. The van der Waals surface area contributed by atoms with Crippen molar-refractivity contribution in [1.82, 2.24) is 5.32 Å². The first-order valence-electron chi connectivity index (χ1n) is 10.2. The number of nitrogens with one attached hydrogen (secondary N) is 1. The van der Waals surface area contributed by atoms with Crippen molar-refractivity contribution in [2.45, 2.75) is 24.3 Å². The third-order valence-corrected chi connectivity index (χ3v) is 7.66. The summed E-state index contributed by atoms with van der Waals surface area (Å²) in [6.07, 6.45) is 0.613. The molecule has 1 atom stereocenters. The van der Waals surface area contributed by atoms with Crippen LogP contribution in [0.15, 0.2) is 77.7 Å². The van der Waals surface area contributed by atoms with E-state index in [-0.39, 0.29) is 26.7 Å². The Labute approximate surface area is 204 Å². The second-order valence-corrected chi connectivity index (χ2v) is 9.85. The Morgan fingerprint density at radius 3 is 2.27 bits per heavy atom. The summed E-state index contributed by atoms with van der Waals surface area (Å²) in [4.78, 5) is 13.1. The van der Waals surface area contributed by atoms with E-state index in [0.717, 1.165) is 9.87 Å². The molecule has 0 fully saturated rings. The maximum absolute atomic E-state index is 13.5. The first-order valence-corrected chi connectivity index (χ1v) is 12.4. The molecule has 0 bridgehead atoms. The van der Waals surface area contributed by atoms with Crippen LogP contribution < -0.4 is 14.4 Å². The van der Waals surface area contributed by atoms with E-state index in [1.165, 1.54) is 18.2 Å². The standard InChI is InChI=1S/C24H24Cl2N2O4S/c1-3-21(17-12-14-18(32-2)15-13-17)27-23(29)16-28(22-11-7-10-20(25)24(22)26)33(30,31)19-8-5-4-6-9-19/h4-15,21H,3,16H2,1-2H3,(H,27,29)/t21-/m0/s1. The smallest absolute Gasteiger partial charge is 0.264 e. The number of methoxy groups -OCH3 is 1. The molecule has 0 unspecified atom stereocenters. The van der Waals surface area contributed by atoms with Gasteiger partial charge in [0.25, 0.3) is 10.0 Å². The summed E-state index contributed by atoms with van der Waals surface area (Å²) in [5.74, 6) is 0.226. The maximum atomic E-state index is 13.5. The van der Waals surface area contributed by atoms with Crippen molar-refractivity contribution in [3.63, 3.8) is 0 Å². The number of ether oxygens (including phenoxy) is 1. The summed E-state index contributed by atoms with van der Waals surface area (Å²) in [5, 5.41) is 3.15. The van der Waals surface area contributed by atoms with Crippen LogP contribution in [0.5, 0.6) is 5.75 Å². The van der Waals surface area contributed by atoms with Crippen molar-refractivity contribution in [2.24, 2.45) is 0 Å². The molecular formula is C24H24Cl2N2O4S. The minimum atomic E-state index is -4.09. The monoisotopic (exact) mass is 506 g/mol. The fourth-order valence-electron chi connectivity index (χ4n) is 3.33. The van der Waals surface area contributed by atoms with Crippen molar-refractivity contribution in [1.29, 1.82) is 0 Å². The minimum absolute atomic E-state index is 0.0380. The van der Waals surface area contributed by atoms with Crippen molar-refractivity contribution in [2.75, 3.05) is 18.0 Å². The van der Waals surface area contributed by atoms with Gasteiger partial charge in [-0.15, -0.1) is 0 Å². The summed E-state index contributed by atoms with van der Waals surface area (Å²) in [6, 6.07) is 19.5. The van der Waals surface area contributed by atoms with Gasteiger partial charge in [-0.05, 0) is 48.4 Å². The van der Waals surface area contributed by atoms with E-state index in [1.807, 2.05) is 31.2 Å². The van der Waals surface area contributed by atoms with Crippen molar-refractivity contribution < 1.29 is 17.9 Å². The highest BCUT2D eigenvalue weighted by Gasteiger charge is 2.29. The number of halogens is 2. The summed E-state index contributed by atoms with van der Waals surface area (Å²) in [7, 11) is -2.51. The third-order valence-electron chi connectivity index (χ3n) is 5.08. The van der Waals surface area contributed by atoms with Gasteiger partial charge in [0, 0.05) is 0 Å². The largest absolute Gasteiger partial charge is 0.497 e. The van der Waals surface area contributed by atoms with Crippen molar-refractivity contribution in [3.05, 3.63) is 88.4 Å². The maximum Gasteiger partial charge on any atom is 0.264 e. The zero-order valence-corrected chi connectivity index (χ0v) is 20.5. The van der Waals surface area contributed by atoms with E-state index >= 15 is 0 Å². The van der Waals surface area contributed by atoms with Crippen LogP contribution in [-0.2, 0) is 14.8 Å². The lowest BCUT2D eigenvalue weighted by Crippen LogP contribution is -2.42. The number of hydrogen-bond acceptors (Lipinski definition) is 4. The Morgan fingerprint density at radius 2 is 1.67 bits per heavy atom. The van der Waals surface area contributed by atoms with E-state index in [0.29, 0.717) is 12.2 Å². The number of benzene rings is 3. The average molecular weight is 507 g/mol. The molecule has 33 heavy (non-hydrogen) atoms. The molecule has 0 aliphatic heterocycles. The number of nitrogens with zero attached hydrogens (tertiary/aromatic N) is 1. The molecule has 3 rings (SSSR count). The van der Waals surface area contributed by atoms with Crippen LogP contribution in [0.1, 0.15) is 24.9 Å². The summed E-state index contributed by atoms with van der Waals surface area (Å²) >= 11 is 12.5. The number of sulfonamides is 1. The average Bonchev–Trinajstić information content (AvgIpc) is 2.83. The van der Waals surface area contributed by atoms with Crippen molar-refractivity contribution >= 4 is 44.8 Å². The summed E-state index contributed by atoms with van der Waals surface area (Å²) in [5.41, 5.74) is 1.01. The zero-order valence-electron chi connectivity index (χ0n) is 18.2. The first-order chi connectivity index (χ1) is 15.8. The molecule has 0 radical (unpaired) electrons. The van der Waals surface area contributed by atoms with E-state index in [1.54, 1.807) is 37.4 Å². The van der Waals surface area contributed by atoms with Crippen LogP contribution in [0, 0.1) is 0 Å². The lowest BCUT2D eigenvalue weighted by Gasteiger charge is -2.26. The molecule has 3 aromatic carbocycles. The number of carbonyl (C=O) groups excluding carboxylic acids is 1. The van der Waals surface area contributed by atoms with Gasteiger partial charge in [-0.1, -0.05) is 66.5 Å². The molecule has 0 saturated carbocycles. The second kappa shape index (κ2) is 10.9. The predicted octanol–water partition coefficient (Wildman–Crippen LogP) is 5.46. The molecule has 0 heterocycles. The predicted molar refractivity (Wildman–Crippen MR) is 132 cm³/mol. The lowest BCUT2D eigenvalue weighted by molar-refractivity contribution is -0.120. The molecular weight excluding hydrogens is 483 g/mol. The highest BCUT2D eigenvalue weighted by Crippen LogP contribution is 2.35. The minimum Gasteiger partial charge on any atom is -0.497 e. The van der Waals surface area contributed by atoms with Gasteiger partial charge in [0.1, 0.15) is 12.3 Å². The van der Waals surface area contributed by atoms with Crippen LogP contribution >= 0.6 is 23.2 Å². The number of hydrogen-bond donors (Lipinski definition) is 1. The van der Waals surface area contributed by atoms with E-state index < -0.39 is 22.5 Å². The molecule has 6 nitrogen and oxygen atoms in total. The fraction of sp³-hybridized carbons (Fsp3) is 0.208. The number of rotatable bonds is 9. The quantitative estimate of drug-likeness (QED) is 0.417. The van der Waals surface area contributed by atoms with Crippen LogP contribution in [0.25, 0.3) is 0 Å². The summed E-state index contributed by atoms with van der Waals surface area (Å²) < 4.78 is 33.1. The molecule has 1 N–H and O–H groups in total. The molecule has 1 amide bonds. The molecule has 174 valence electrons. The van der Waals surface area contributed by atoms with E-state index in [4.69, 9.17) is 27.9 Å². The molecule has 0 aliphatic carbocycles. The molecule has 0 aromatic heterocycles. The van der Waals surface area contributed by atoms with Gasteiger partial charge < -0.3 is 10.1 Å². The second-order valence-electron chi connectivity index (χ2n) is 7.20. The van der Waals surface area contributed by atoms with Crippen LogP contribution in [0.2, 0.25) is 10.0 Å². The Hall–Kier alpha value is -2.74. The zero-order chi connectivity index (χ0) is 24.0. The Balaban J connectivity index is 1.92. The van der Waals surface area contributed by atoms with Gasteiger partial charge in [0.15, 0.2) is 0 Å². The van der Waals surface area contributed by atoms with E-state index in [2.05, 4.69) is 5.32 Å². The number of amides is 1. The molecule has 3 aromatic rings. The van der Waals surface area contributed by atoms with Gasteiger partial charge in [0.2, 0.25) is 5.91 Å². The van der Waals surface area contributed by atoms with E-state index in [9.17, 15) is 13.2 Å². The Bertz CT molecular complexity index is 1200. The van der Waals surface area contributed by atoms with Crippen LogP contribution in [-0.4, -0.2) is 28.0 Å². The van der Waals surface area contributed by atoms with Crippen LogP contribution in [0.4, 0.5) is 5.69 Å². The third kappa shape index (κ3) is 5.79. The van der Waals surface area contributed by atoms with Gasteiger partial charge in [0.05, 0.1) is 33.8 Å². The van der Waals surface area contributed by atoms with Gasteiger partial charge in [-0.25, -0.2) is 8.42 Å². The normalized spacial score (nSPS) is 12.1. The SMILES string of the molecule is CC[C@H](NC(=O)CN(c1cccc(Cl)c1Cl)S(=O)(=O)c1ccccc1)c1ccc(OC)cc1. The molecule has 9 heteroatoms. The van der Waals surface area contributed by atoms with Gasteiger partial charge in [-0.3, -0.25) is 9.10 Å². The van der Waals surface area contributed by atoms with Gasteiger partial charge >= 0.3 is 0 Å². The first kappa shape index (κ1) is 24.9. The fourth-order valence-corrected chi connectivity index (χ4v) is 5.23. The lowest BCUT2D eigenvalue weighted by atomic mass is 10.0. The molecule has 0 aliphatic rings. The Morgan fingerprint density at radius 1 is 1.00 bits per heavy atom. The Kier molecular flexibility index (Phi) is 8.24. The highest BCUT2D eigenvalue weighted by atomic mass is 35.5. The van der Waals surface area contributed by atoms with Crippen molar-refractivity contribution in [3.8, 4) is 5.75 Å². The van der Waals surface area contributed by atoms with Crippen LogP contribution in [0.3, 0.4) is 0 Å². The molecule has 0 spiro atoms. The van der Waals surface area contributed by atoms with Gasteiger partial charge in [-0.2, -0.15) is 0 Å². The molecule has 0 saturated heterocycles. The highest BCUT2D eigenvalue weighted by molar-refractivity contribution is 7.92. The number of anilines is 1. The topological polar surface area (TPSA) is 75.7 Å².